The van der Waals surface area contributed by atoms with Crippen molar-refractivity contribution >= 4 is 9.84 Å². The molecule has 3 nitrogen and oxygen atoms in total. The Morgan fingerprint density at radius 1 is 1.43 bits per heavy atom. The molecule has 76 valence electrons. The van der Waals surface area contributed by atoms with Crippen molar-refractivity contribution in [2.75, 3.05) is 5.75 Å². The third kappa shape index (κ3) is 1.67. The smallest absolute Gasteiger partial charge is 0.156 e. The molecular formula is C10H13NO2S. The highest BCUT2D eigenvalue weighted by molar-refractivity contribution is 7.90. The topological polar surface area (TPSA) is 60.2 Å². The minimum atomic E-state index is -2.98. The van der Waals surface area contributed by atoms with Crippen molar-refractivity contribution in [1.82, 2.24) is 0 Å². The lowest BCUT2D eigenvalue weighted by atomic mass is 10.0. The van der Waals surface area contributed by atoms with Crippen LogP contribution in [0.2, 0.25) is 0 Å². The average Bonchev–Trinajstić information content (AvgIpc) is 2.05. The molecule has 14 heavy (non-hydrogen) atoms. The van der Waals surface area contributed by atoms with E-state index in [1.807, 2.05) is 25.1 Å². The second-order valence-corrected chi connectivity index (χ2v) is 5.97. The zero-order valence-electron chi connectivity index (χ0n) is 8.03. The molecule has 0 bridgehead atoms. The quantitative estimate of drug-likeness (QED) is 0.694. The molecule has 4 heteroatoms. The van der Waals surface area contributed by atoms with Crippen LogP contribution in [-0.2, 0) is 15.6 Å². The number of aryl methyl sites for hydroxylation is 1. The Balaban J connectivity index is 2.56. The predicted octanol–water partition coefficient (Wildman–Crippen LogP) is 0.923. The summed E-state index contributed by atoms with van der Waals surface area (Å²) in [4.78, 5) is 0. The highest BCUT2D eigenvalue weighted by Crippen LogP contribution is 2.27. The van der Waals surface area contributed by atoms with Crippen molar-refractivity contribution < 1.29 is 8.42 Å². The van der Waals surface area contributed by atoms with Gasteiger partial charge in [-0.25, -0.2) is 8.42 Å². The standard InChI is InChI=1S/C10H13NO2S/c1-7-2-3-8-5-14(12,13)6-10(11)9(8)4-7/h2-4,10H,5-6,11H2,1H3. The maximum atomic E-state index is 11.4. The minimum Gasteiger partial charge on any atom is -0.323 e. The third-order valence-electron chi connectivity index (χ3n) is 2.51. The van der Waals surface area contributed by atoms with Gasteiger partial charge in [-0.15, -0.1) is 0 Å². The van der Waals surface area contributed by atoms with Gasteiger partial charge in [-0.1, -0.05) is 23.8 Å². The fraction of sp³-hybridized carbons (Fsp3) is 0.400. The Kier molecular flexibility index (Phi) is 2.12. The lowest BCUT2D eigenvalue weighted by Gasteiger charge is -2.22. The first-order valence-corrected chi connectivity index (χ1v) is 6.35. The van der Waals surface area contributed by atoms with Crippen molar-refractivity contribution in [1.29, 1.82) is 0 Å². The predicted molar refractivity (Wildman–Crippen MR) is 55.6 cm³/mol. The SMILES string of the molecule is Cc1ccc2c(c1)C(N)CS(=O)(=O)C2. The number of rotatable bonds is 0. The zero-order chi connectivity index (χ0) is 10.3. The van der Waals surface area contributed by atoms with Gasteiger partial charge in [0, 0.05) is 6.04 Å². The molecule has 0 aromatic heterocycles. The Labute approximate surface area is 83.9 Å². The molecule has 2 N–H and O–H groups in total. The number of fused-ring (bicyclic) bond motifs is 1. The Morgan fingerprint density at radius 3 is 2.86 bits per heavy atom. The van der Waals surface area contributed by atoms with Crippen LogP contribution in [0.3, 0.4) is 0 Å². The highest BCUT2D eigenvalue weighted by Gasteiger charge is 2.26. The molecule has 0 fully saturated rings. The van der Waals surface area contributed by atoms with Crippen LogP contribution >= 0.6 is 0 Å². The van der Waals surface area contributed by atoms with Gasteiger partial charge >= 0.3 is 0 Å². The van der Waals surface area contributed by atoms with Crippen LogP contribution < -0.4 is 5.73 Å². The van der Waals surface area contributed by atoms with Gasteiger partial charge in [0.05, 0.1) is 11.5 Å². The first-order valence-electron chi connectivity index (χ1n) is 4.53. The van der Waals surface area contributed by atoms with E-state index in [1.54, 1.807) is 0 Å². The van der Waals surface area contributed by atoms with E-state index in [0.29, 0.717) is 0 Å². The highest BCUT2D eigenvalue weighted by atomic mass is 32.2. The Bertz CT molecular complexity index is 465. The number of sulfone groups is 1. The Morgan fingerprint density at radius 2 is 2.14 bits per heavy atom. The first-order chi connectivity index (χ1) is 6.48. The molecule has 1 atom stereocenters. The molecule has 0 saturated heterocycles. The van der Waals surface area contributed by atoms with Crippen LogP contribution in [-0.4, -0.2) is 14.2 Å². The van der Waals surface area contributed by atoms with Gasteiger partial charge in [0.25, 0.3) is 0 Å². The summed E-state index contributed by atoms with van der Waals surface area (Å²) in [7, 11) is -2.98. The second kappa shape index (κ2) is 3.07. The molecule has 1 unspecified atom stereocenters. The summed E-state index contributed by atoms with van der Waals surface area (Å²) in [6.07, 6.45) is 0. The van der Waals surface area contributed by atoms with Crippen LogP contribution in [0, 0.1) is 6.92 Å². The van der Waals surface area contributed by atoms with Crippen LogP contribution in [0.4, 0.5) is 0 Å². The fourth-order valence-electron chi connectivity index (χ4n) is 1.85. The molecule has 1 heterocycles. The molecule has 0 aliphatic carbocycles. The van der Waals surface area contributed by atoms with Crippen LogP contribution in [0.25, 0.3) is 0 Å². The van der Waals surface area contributed by atoms with Gasteiger partial charge in [-0.3, -0.25) is 0 Å². The molecule has 0 spiro atoms. The van der Waals surface area contributed by atoms with E-state index < -0.39 is 9.84 Å². The van der Waals surface area contributed by atoms with Crippen LogP contribution in [0.15, 0.2) is 18.2 Å². The minimum absolute atomic E-state index is 0.0729. The third-order valence-corrected chi connectivity index (χ3v) is 4.13. The first kappa shape index (κ1) is 9.68. The van der Waals surface area contributed by atoms with Crippen LogP contribution in [0.5, 0.6) is 0 Å². The van der Waals surface area contributed by atoms with Crippen molar-refractivity contribution in [2.24, 2.45) is 5.73 Å². The lowest BCUT2D eigenvalue weighted by Crippen LogP contribution is -2.29. The van der Waals surface area contributed by atoms with Gasteiger partial charge in [-0.05, 0) is 18.1 Å². The van der Waals surface area contributed by atoms with Gasteiger partial charge in [0.15, 0.2) is 9.84 Å². The summed E-state index contributed by atoms with van der Waals surface area (Å²) >= 11 is 0. The molecular weight excluding hydrogens is 198 g/mol. The maximum Gasteiger partial charge on any atom is 0.156 e. The van der Waals surface area contributed by atoms with Crippen molar-refractivity contribution in [3.05, 3.63) is 34.9 Å². The van der Waals surface area contributed by atoms with Gasteiger partial charge in [0.1, 0.15) is 0 Å². The zero-order valence-corrected chi connectivity index (χ0v) is 8.84. The largest absolute Gasteiger partial charge is 0.323 e. The van der Waals surface area contributed by atoms with E-state index in [1.165, 1.54) is 0 Å². The number of nitrogens with two attached hydrogens (primary N) is 1. The average molecular weight is 211 g/mol. The summed E-state index contributed by atoms with van der Waals surface area (Å²) in [6, 6.07) is 5.41. The van der Waals surface area contributed by atoms with E-state index >= 15 is 0 Å². The van der Waals surface area contributed by atoms with Gasteiger partial charge in [0.2, 0.25) is 0 Å². The monoisotopic (exact) mass is 211 g/mol. The summed E-state index contributed by atoms with van der Waals surface area (Å²) in [5.41, 5.74) is 8.78. The van der Waals surface area contributed by atoms with E-state index in [4.69, 9.17) is 5.73 Å². The van der Waals surface area contributed by atoms with Crippen molar-refractivity contribution in [3.63, 3.8) is 0 Å². The summed E-state index contributed by atoms with van der Waals surface area (Å²) in [5.74, 6) is 0.208. The second-order valence-electron chi connectivity index (χ2n) is 3.86. The fourth-order valence-corrected chi connectivity index (χ4v) is 3.43. The molecule has 0 saturated carbocycles. The van der Waals surface area contributed by atoms with E-state index in [9.17, 15) is 8.42 Å². The summed E-state index contributed by atoms with van der Waals surface area (Å²) < 4.78 is 22.9. The lowest BCUT2D eigenvalue weighted by molar-refractivity contribution is 0.582. The number of hydrogen-bond acceptors (Lipinski definition) is 3. The summed E-state index contributed by atoms with van der Waals surface area (Å²) in [5, 5.41) is 0. The van der Waals surface area contributed by atoms with Gasteiger partial charge in [-0.2, -0.15) is 0 Å². The molecule has 1 aliphatic heterocycles. The van der Waals surface area contributed by atoms with Gasteiger partial charge < -0.3 is 5.73 Å². The van der Waals surface area contributed by atoms with Crippen LogP contribution in [0.1, 0.15) is 22.7 Å². The van der Waals surface area contributed by atoms with E-state index in [-0.39, 0.29) is 17.5 Å². The molecule has 1 aromatic rings. The van der Waals surface area contributed by atoms with E-state index in [0.717, 1.165) is 16.7 Å². The molecule has 1 aromatic carbocycles. The molecule has 1 aliphatic rings. The van der Waals surface area contributed by atoms with E-state index in [2.05, 4.69) is 0 Å². The maximum absolute atomic E-state index is 11.4. The van der Waals surface area contributed by atoms with Crippen molar-refractivity contribution in [3.8, 4) is 0 Å². The molecule has 0 amide bonds. The normalized spacial score (nSPS) is 24.3. The Hall–Kier alpha value is -0.870. The van der Waals surface area contributed by atoms with Crippen molar-refractivity contribution in [2.45, 2.75) is 18.7 Å². The number of hydrogen-bond donors (Lipinski definition) is 1. The molecule has 0 radical (unpaired) electrons. The molecule has 2 rings (SSSR count). The summed E-state index contributed by atoms with van der Waals surface area (Å²) in [6.45, 7) is 1.98. The number of benzene rings is 1.